The second kappa shape index (κ2) is 7.40. The maximum Gasteiger partial charge on any atom is 0.313 e. The highest BCUT2D eigenvalue weighted by Crippen LogP contribution is 2.15. The molecule has 0 unspecified atom stereocenters. The number of anilines is 2. The first kappa shape index (κ1) is 16.5. The molecule has 0 atom stereocenters. The van der Waals surface area contributed by atoms with Gasteiger partial charge >= 0.3 is 11.8 Å². The number of hydrogen-bond donors (Lipinski definition) is 2. The molecule has 0 aromatic heterocycles. The molecule has 2 aromatic rings. The quantitative estimate of drug-likeness (QED) is 0.850. The summed E-state index contributed by atoms with van der Waals surface area (Å²) in [6.45, 7) is -0.0432. The Morgan fingerprint density at radius 3 is 2.26 bits per heavy atom. The van der Waals surface area contributed by atoms with Crippen molar-refractivity contribution in [2.75, 3.05) is 24.3 Å². The van der Waals surface area contributed by atoms with E-state index in [2.05, 4.69) is 10.6 Å². The van der Waals surface area contributed by atoms with Crippen LogP contribution in [0.5, 0.6) is 0 Å². The fourth-order valence-electron chi connectivity index (χ4n) is 1.93. The summed E-state index contributed by atoms with van der Waals surface area (Å²) in [5.41, 5.74) is 1.82. The highest BCUT2D eigenvalue weighted by Gasteiger charge is 2.14. The maximum atomic E-state index is 13.4. The molecule has 0 spiro atoms. The van der Waals surface area contributed by atoms with E-state index in [4.69, 9.17) is 0 Å². The summed E-state index contributed by atoms with van der Waals surface area (Å²) in [4.78, 5) is 25.5. The summed E-state index contributed by atoms with van der Waals surface area (Å²) in [5.74, 6) is -2.03. The van der Waals surface area contributed by atoms with Crippen LogP contribution in [0.1, 0.15) is 5.56 Å². The van der Waals surface area contributed by atoms with Crippen LogP contribution >= 0.6 is 0 Å². The molecule has 6 heteroatoms. The summed E-state index contributed by atoms with van der Waals surface area (Å²) in [6.07, 6.45) is 0. The molecule has 0 saturated carbocycles. The third-order valence-electron chi connectivity index (χ3n) is 3.25. The summed E-state index contributed by atoms with van der Waals surface area (Å²) in [5, 5.41) is 4.89. The van der Waals surface area contributed by atoms with Crippen molar-refractivity contribution in [2.24, 2.45) is 0 Å². The third kappa shape index (κ3) is 4.54. The van der Waals surface area contributed by atoms with Gasteiger partial charge in [-0.3, -0.25) is 9.59 Å². The van der Waals surface area contributed by atoms with Crippen LogP contribution in [0.4, 0.5) is 15.8 Å². The number of rotatable bonds is 4. The van der Waals surface area contributed by atoms with E-state index in [0.29, 0.717) is 11.3 Å². The van der Waals surface area contributed by atoms with E-state index in [1.54, 1.807) is 30.3 Å². The Morgan fingerprint density at radius 2 is 1.65 bits per heavy atom. The monoisotopic (exact) mass is 315 g/mol. The molecule has 5 nitrogen and oxygen atoms in total. The Bertz CT molecular complexity index is 699. The molecule has 2 rings (SSSR count). The van der Waals surface area contributed by atoms with Crippen LogP contribution in [0.2, 0.25) is 0 Å². The Morgan fingerprint density at radius 1 is 1.00 bits per heavy atom. The van der Waals surface area contributed by atoms with Gasteiger partial charge in [0.15, 0.2) is 0 Å². The molecule has 120 valence electrons. The predicted molar refractivity (Wildman–Crippen MR) is 87.6 cm³/mol. The van der Waals surface area contributed by atoms with Crippen molar-refractivity contribution in [3.05, 3.63) is 59.9 Å². The van der Waals surface area contributed by atoms with Gasteiger partial charge in [0.25, 0.3) is 0 Å². The van der Waals surface area contributed by atoms with Gasteiger partial charge in [-0.25, -0.2) is 4.39 Å². The lowest BCUT2D eigenvalue weighted by molar-refractivity contribution is -0.136. The standard InChI is InChI=1S/C17H18FN3O2/c1-21(2)14-9-7-13(8-10-14)20-17(23)16(22)19-11-12-5-3-4-6-15(12)18/h3-10H,11H2,1-2H3,(H,19,22)(H,20,23). The van der Waals surface area contributed by atoms with E-state index in [9.17, 15) is 14.0 Å². The molecule has 0 radical (unpaired) electrons. The minimum absolute atomic E-state index is 0.0432. The molecule has 0 fully saturated rings. The summed E-state index contributed by atoms with van der Waals surface area (Å²) in [7, 11) is 3.81. The first-order chi connectivity index (χ1) is 11.0. The molecule has 0 saturated heterocycles. The van der Waals surface area contributed by atoms with Crippen molar-refractivity contribution < 1.29 is 14.0 Å². The Kier molecular flexibility index (Phi) is 5.30. The molecular formula is C17H18FN3O2. The van der Waals surface area contributed by atoms with Crippen LogP contribution < -0.4 is 15.5 Å². The number of carbonyl (C=O) groups excluding carboxylic acids is 2. The number of carbonyl (C=O) groups is 2. The van der Waals surface area contributed by atoms with Crippen molar-refractivity contribution in [1.82, 2.24) is 5.32 Å². The minimum Gasteiger partial charge on any atom is -0.378 e. The van der Waals surface area contributed by atoms with E-state index in [-0.39, 0.29) is 6.54 Å². The first-order valence-corrected chi connectivity index (χ1v) is 7.07. The van der Waals surface area contributed by atoms with E-state index in [1.807, 2.05) is 31.1 Å². The van der Waals surface area contributed by atoms with Gasteiger partial charge in [-0.15, -0.1) is 0 Å². The molecular weight excluding hydrogens is 297 g/mol. The van der Waals surface area contributed by atoms with Crippen molar-refractivity contribution in [1.29, 1.82) is 0 Å². The molecule has 0 aliphatic carbocycles. The molecule has 2 aromatic carbocycles. The predicted octanol–water partition coefficient (Wildman–Crippen LogP) is 2.15. The minimum atomic E-state index is -0.815. The molecule has 2 N–H and O–H groups in total. The average Bonchev–Trinajstić information content (AvgIpc) is 2.54. The van der Waals surface area contributed by atoms with Crippen LogP contribution in [0.3, 0.4) is 0 Å². The van der Waals surface area contributed by atoms with Gasteiger partial charge in [0.2, 0.25) is 0 Å². The van der Waals surface area contributed by atoms with E-state index < -0.39 is 17.6 Å². The zero-order chi connectivity index (χ0) is 16.8. The van der Waals surface area contributed by atoms with Gasteiger partial charge in [0.05, 0.1) is 0 Å². The largest absolute Gasteiger partial charge is 0.378 e. The zero-order valence-electron chi connectivity index (χ0n) is 13.0. The van der Waals surface area contributed by atoms with Gasteiger partial charge in [-0.05, 0) is 30.3 Å². The van der Waals surface area contributed by atoms with E-state index >= 15 is 0 Å². The summed E-state index contributed by atoms with van der Waals surface area (Å²) < 4.78 is 13.4. The number of benzene rings is 2. The van der Waals surface area contributed by atoms with Crippen molar-refractivity contribution in [3.8, 4) is 0 Å². The number of nitrogens with zero attached hydrogens (tertiary/aromatic N) is 1. The van der Waals surface area contributed by atoms with Crippen LogP contribution in [0.15, 0.2) is 48.5 Å². The number of nitrogens with one attached hydrogen (secondary N) is 2. The zero-order valence-corrected chi connectivity index (χ0v) is 13.0. The summed E-state index contributed by atoms with van der Waals surface area (Å²) in [6, 6.07) is 13.1. The maximum absolute atomic E-state index is 13.4. The molecule has 0 heterocycles. The molecule has 0 aliphatic rings. The number of halogens is 1. The average molecular weight is 315 g/mol. The molecule has 23 heavy (non-hydrogen) atoms. The van der Waals surface area contributed by atoms with Crippen LogP contribution in [-0.4, -0.2) is 25.9 Å². The topological polar surface area (TPSA) is 61.4 Å². The third-order valence-corrected chi connectivity index (χ3v) is 3.25. The number of hydrogen-bond acceptors (Lipinski definition) is 3. The fourth-order valence-corrected chi connectivity index (χ4v) is 1.93. The van der Waals surface area contributed by atoms with Gasteiger partial charge in [0.1, 0.15) is 5.82 Å². The van der Waals surface area contributed by atoms with Crippen molar-refractivity contribution in [2.45, 2.75) is 6.54 Å². The second-order valence-corrected chi connectivity index (χ2v) is 5.17. The van der Waals surface area contributed by atoms with Gasteiger partial charge in [-0.2, -0.15) is 0 Å². The lowest BCUT2D eigenvalue weighted by Crippen LogP contribution is -2.35. The fraction of sp³-hybridized carbons (Fsp3) is 0.176. The Balaban J connectivity index is 1.90. The lowest BCUT2D eigenvalue weighted by Gasteiger charge is -2.13. The molecule has 2 amide bonds. The second-order valence-electron chi connectivity index (χ2n) is 5.17. The van der Waals surface area contributed by atoms with E-state index in [0.717, 1.165) is 5.69 Å². The smallest absolute Gasteiger partial charge is 0.313 e. The van der Waals surface area contributed by atoms with Gasteiger partial charge < -0.3 is 15.5 Å². The van der Waals surface area contributed by atoms with Crippen molar-refractivity contribution in [3.63, 3.8) is 0 Å². The Labute approximate surface area is 134 Å². The first-order valence-electron chi connectivity index (χ1n) is 7.07. The van der Waals surface area contributed by atoms with Crippen LogP contribution in [-0.2, 0) is 16.1 Å². The van der Waals surface area contributed by atoms with Crippen LogP contribution in [0, 0.1) is 5.82 Å². The highest BCUT2D eigenvalue weighted by molar-refractivity contribution is 6.39. The van der Waals surface area contributed by atoms with E-state index in [1.165, 1.54) is 6.07 Å². The molecule has 0 bridgehead atoms. The van der Waals surface area contributed by atoms with Crippen LogP contribution in [0.25, 0.3) is 0 Å². The Hall–Kier alpha value is -2.89. The molecule has 0 aliphatic heterocycles. The normalized spacial score (nSPS) is 10.0. The SMILES string of the molecule is CN(C)c1ccc(NC(=O)C(=O)NCc2ccccc2F)cc1. The van der Waals surface area contributed by atoms with Crippen molar-refractivity contribution >= 4 is 23.2 Å². The van der Waals surface area contributed by atoms with Gasteiger partial charge in [-0.1, -0.05) is 18.2 Å². The van der Waals surface area contributed by atoms with Gasteiger partial charge in [0, 0.05) is 37.6 Å². The number of amides is 2. The lowest BCUT2D eigenvalue weighted by atomic mass is 10.2. The summed E-state index contributed by atoms with van der Waals surface area (Å²) >= 11 is 0. The highest BCUT2D eigenvalue weighted by atomic mass is 19.1.